The highest BCUT2D eigenvalue weighted by Gasteiger charge is 2.27. The fraction of sp³-hybridized carbons (Fsp3) is 0.444. The van der Waals surface area contributed by atoms with Crippen molar-refractivity contribution >= 4 is 18.3 Å². The highest BCUT2D eigenvalue weighted by atomic mass is 35.5. The van der Waals surface area contributed by atoms with Crippen LogP contribution in [0.4, 0.5) is 0 Å². The maximum absolute atomic E-state index is 12.8. The Morgan fingerprint density at radius 3 is 2.46 bits per heavy atom. The van der Waals surface area contributed by atoms with E-state index in [4.69, 9.17) is 5.73 Å². The van der Waals surface area contributed by atoms with Crippen molar-refractivity contribution in [3.8, 4) is 5.69 Å². The van der Waals surface area contributed by atoms with Crippen LogP contribution < -0.4 is 5.73 Å². The minimum absolute atomic E-state index is 0. The van der Waals surface area contributed by atoms with Crippen molar-refractivity contribution in [2.45, 2.75) is 32.7 Å². The number of aromatic nitrogens is 2. The van der Waals surface area contributed by atoms with Gasteiger partial charge in [-0.1, -0.05) is 18.2 Å². The van der Waals surface area contributed by atoms with E-state index < -0.39 is 0 Å². The number of benzene rings is 1. The first-order valence-corrected chi connectivity index (χ1v) is 8.23. The summed E-state index contributed by atoms with van der Waals surface area (Å²) in [7, 11) is 0. The Labute approximate surface area is 149 Å². The Hall–Kier alpha value is -1.85. The number of likely N-dealkylation sites (tertiary alicyclic amines) is 1. The first kappa shape index (κ1) is 18.5. The van der Waals surface area contributed by atoms with Crippen LogP contribution in [-0.4, -0.2) is 39.7 Å². The minimum Gasteiger partial charge on any atom is -0.339 e. The summed E-state index contributed by atoms with van der Waals surface area (Å²) in [5.41, 5.74) is 8.52. The number of carbonyl (C=O) groups excluding carboxylic acids is 1. The molecule has 1 atom stereocenters. The van der Waals surface area contributed by atoms with Crippen LogP contribution in [0.1, 0.15) is 35.8 Å². The molecular weight excluding hydrogens is 324 g/mol. The van der Waals surface area contributed by atoms with Crippen molar-refractivity contribution in [3.05, 3.63) is 47.8 Å². The lowest BCUT2D eigenvalue weighted by Crippen LogP contribution is -2.42. The Kier molecular flexibility index (Phi) is 6.02. The summed E-state index contributed by atoms with van der Waals surface area (Å²) in [6.45, 7) is 5.56. The summed E-state index contributed by atoms with van der Waals surface area (Å²) in [5.74, 6) is 0.597. The zero-order valence-corrected chi connectivity index (χ0v) is 15.0. The van der Waals surface area contributed by atoms with Gasteiger partial charge in [0.05, 0.1) is 23.1 Å². The van der Waals surface area contributed by atoms with Gasteiger partial charge in [-0.25, -0.2) is 4.68 Å². The van der Waals surface area contributed by atoms with Gasteiger partial charge in [0, 0.05) is 19.1 Å². The van der Waals surface area contributed by atoms with Gasteiger partial charge in [-0.05, 0) is 44.7 Å². The van der Waals surface area contributed by atoms with Crippen LogP contribution in [0.2, 0.25) is 0 Å². The molecular formula is C18H25ClN4O. The SMILES string of the molecule is Cc1c(C(=O)N2CCC(C(C)N)CC2)cnn1-c1ccccc1.Cl. The Bertz CT molecular complexity index is 676. The molecule has 2 heterocycles. The van der Waals surface area contributed by atoms with E-state index in [2.05, 4.69) is 12.0 Å². The van der Waals surface area contributed by atoms with Gasteiger partial charge in [0.25, 0.3) is 5.91 Å². The summed E-state index contributed by atoms with van der Waals surface area (Å²) in [5, 5.41) is 4.39. The average Bonchev–Trinajstić information content (AvgIpc) is 2.96. The quantitative estimate of drug-likeness (QED) is 0.927. The molecule has 2 N–H and O–H groups in total. The fourth-order valence-corrected chi connectivity index (χ4v) is 3.25. The molecule has 0 aliphatic carbocycles. The maximum Gasteiger partial charge on any atom is 0.257 e. The van der Waals surface area contributed by atoms with Crippen LogP contribution in [0.3, 0.4) is 0 Å². The molecule has 6 heteroatoms. The van der Waals surface area contributed by atoms with E-state index in [9.17, 15) is 4.79 Å². The van der Waals surface area contributed by atoms with Gasteiger partial charge < -0.3 is 10.6 Å². The number of para-hydroxylation sites is 1. The molecule has 1 fully saturated rings. The number of halogens is 1. The predicted octanol–water partition coefficient (Wildman–Crippen LogP) is 2.80. The molecule has 3 rings (SSSR count). The number of nitrogens with zero attached hydrogens (tertiary/aromatic N) is 3. The van der Waals surface area contributed by atoms with E-state index in [0.29, 0.717) is 11.5 Å². The number of hydrogen-bond donors (Lipinski definition) is 1. The van der Waals surface area contributed by atoms with Gasteiger partial charge in [-0.3, -0.25) is 4.79 Å². The molecule has 0 radical (unpaired) electrons. The molecule has 1 aromatic heterocycles. The van der Waals surface area contributed by atoms with Crippen molar-refractivity contribution in [3.63, 3.8) is 0 Å². The van der Waals surface area contributed by atoms with Crippen LogP contribution >= 0.6 is 12.4 Å². The van der Waals surface area contributed by atoms with Crippen LogP contribution in [0, 0.1) is 12.8 Å². The molecule has 24 heavy (non-hydrogen) atoms. The summed E-state index contributed by atoms with van der Waals surface area (Å²) in [6.07, 6.45) is 3.65. The smallest absolute Gasteiger partial charge is 0.257 e. The standard InChI is InChI=1S/C18H24N4O.ClH/c1-13(19)15-8-10-21(11-9-15)18(23)17-12-20-22(14(17)2)16-6-4-3-5-7-16;/h3-7,12-13,15H,8-11,19H2,1-2H3;1H. The van der Waals surface area contributed by atoms with E-state index in [1.54, 1.807) is 6.20 Å². The van der Waals surface area contributed by atoms with Gasteiger partial charge in [-0.15, -0.1) is 12.4 Å². The third-order valence-electron chi connectivity index (χ3n) is 4.81. The van der Waals surface area contributed by atoms with Crippen LogP contribution in [0.15, 0.2) is 36.5 Å². The Morgan fingerprint density at radius 1 is 1.25 bits per heavy atom. The topological polar surface area (TPSA) is 64.2 Å². The summed E-state index contributed by atoms with van der Waals surface area (Å²) in [6, 6.07) is 10.1. The highest BCUT2D eigenvalue weighted by molar-refractivity contribution is 5.95. The molecule has 1 aliphatic heterocycles. The number of nitrogens with two attached hydrogens (primary N) is 1. The van der Waals surface area contributed by atoms with Crippen molar-refractivity contribution in [1.29, 1.82) is 0 Å². The zero-order valence-electron chi connectivity index (χ0n) is 14.2. The van der Waals surface area contributed by atoms with E-state index in [0.717, 1.165) is 37.3 Å². The second kappa shape index (κ2) is 7.81. The average molecular weight is 349 g/mol. The molecule has 1 aliphatic rings. The first-order valence-electron chi connectivity index (χ1n) is 8.23. The van der Waals surface area contributed by atoms with Crippen molar-refractivity contribution in [2.24, 2.45) is 11.7 Å². The third kappa shape index (κ3) is 3.62. The van der Waals surface area contributed by atoms with Crippen molar-refractivity contribution in [1.82, 2.24) is 14.7 Å². The fourth-order valence-electron chi connectivity index (χ4n) is 3.25. The van der Waals surface area contributed by atoms with E-state index in [1.165, 1.54) is 0 Å². The highest BCUT2D eigenvalue weighted by Crippen LogP contribution is 2.22. The summed E-state index contributed by atoms with van der Waals surface area (Å²) in [4.78, 5) is 14.7. The predicted molar refractivity (Wildman–Crippen MR) is 97.8 cm³/mol. The van der Waals surface area contributed by atoms with E-state index in [-0.39, 0.29) is 24.4 Å². The molecule has 0 spiro atoms. The molecule has 2 aromatic rings. The summed E-state index contributed by atoms with van der Waals surface area (Å²) >= 11 is 0. The van der Waals surface area contributed by atoms with Crippen molar-refractivity contribution in [2.75, 3.05) is 13.1 Å². The van der Waals surface area contributed by atoms with Crippen molar-refractivity contribution < 1.29 is 4.79 Å². The number of piperidine rings is 1. The number of hydrogen-bond acceptors (Lipinski definition) is 3. The molecule has 1 saturated heterocycles. The molecule has 5 nitrogen and oxygen atoms in total. The molecule has 1 unspecified atom stereocenters. The first-order chi connectivity index (χ1) is 11.1. The molecule has 1 amide bonds. The maximum atomic E-state index is 12.8. The van der Waals surface area contributed by atoms with Gasteiger partial charge in [0.15, 0.2) is 0 Å². The zero-order chi connectivity index (χ0) is 16.4. The lowest BCUT2D eigenvalue weighted by Gasteiger charge is -2.33. The van der Waals surface area contributed by atoms with E-state index in [1.807, 2.05) is 46.8 Å². The number of amides is 1. The van der Waals surface area contributed by atoms with Gasteiger partial charge in [0.1, 0.15) is 0 Å². The second-order valence-electron chi connectivity index (χ2n) is 6.38. The van der Waals surface area contributed by atoms with Gasteiger partial charge in [-0.2, -0.15) is 5.10 Å². The number of carbonyl (C=O) groups is 1. The van der Waals surface area contributed by atoms with Gasteiger partial charge in [0.2, 0.25) is 0 Å². The summed E-state index contributed by atoms with van der Waals surface area (Å²) < 4.78 is 1.82. The third-order valence-corrected chi connectivity index (χ3v) is 4.81. The molecule has 1 aromatic carbocycles. The molecule has 130 valence electrons. The van der Waals surface area contributed by atoms with Crippen LogP contribution in [0.5, 0.6) is 0 Å². The van der Waals surface area contributed by atoms with Crippen LogP contribution in [-0.2, 0) is 0 Å². The number of rotatable bonds is 3. The Balaban J connectivity index is 0.00000208. The van der Waals surface area contributed by atoms with Gasteiger partial charge >= 0.3 is 0 Å². The Morgan fingerprint density at radius 2 is 1.88 bits per heavy atom. The minimum atomic E-state index is 0. The second-order valence-corrected chi connectivity index (χ2v) is 6.38. The largest absolute Gasteiger partial charge is 0.339 e. The van der Waals surface area contributed by atoms with E-state index >= 15 is 0 Å². The normalized spacial score (nSPS) is 16.5. The lowest BCUT2D eigenvalue weighted by atomic mass is 9.91. The lowest BCUT2D eigenvalue weighted by molar-refractivity contribution is 0.0680. The molecule has 0 bridgehead atoms. The monoisotopic (exact) mass is 348 g/mol. The van der Waals surface area contributed by atoms with Crippen LogP contribution in [0.25, 0.3) is 5.69 Å². The molecule has 0 saturated carbocycles.